The number of carbonyl (C=O) groups excluding carboxylic acids is 2. The van der Waals surface area contributed by atoms with E-state index in [4.69, 9.17) is 9.15 Å². The van der Waals surface area contributed by atoms with Crippen LogP contribution in [0.2, 0.25) is 0 Å². The number of fused-ring (bicyclic) bond motifs is 2. The van der Waals surface area contributed by atoms with Crippen LogP contribution < -0.4 is 10.7 Å². The maximum absolute atomic E-state index is 13.3. The molecule has 6 nitrogen and oxygen atoms in total. The van der Waals surface area contributed by atoms with Crippen molar-refractivity contribution in [3.05, 3.63) is 69.4 Å². The minimum absolute atomic E-state index is 0.00472. The fraction of sp³-hybridized carbons (Fsp3) is 0.348. The summed E-state index contributed by atoms with van der Waals surface area (Å²) in [6, 6.07) is 6.96. The molecule has 2 atom stereocenters. The predicted octanol–water partition coefficient (Wildman–Crippen LogP) is 3.57. The standard InChI is InChI=1S/C23H23NO5/c1-12(2)29-23(27)19-13(3)24-16-8-6-9-17(25)21(16)20(19)15-11-28-18-10-5-4-7-14(18)22(15)26/h4-5,7-8,10-12,20-21,24H,6,9H2,1-3H3. The molecule has 2 unspecified atom stereocenters. The van der Waals surface area contributed by atoms with Crippen molar-refractivity contribution in [2.75, 3.05) is 0 Å². The lowest BCUT2D eigenvalue weighted by atomic mass is 9.71. The van der Waals surface area contributed by atoms with Crippen molar-refractivity contribution in [1.29, 1.82) is 0 Å². The van der Waals surface area contributed by atoms with Crippen molar-refractivity contribution in [3.63, 3.8) is 0 Å². The van der Waals surface area contributed by atoms with Gasteiger partial charge in [0.15, 0.2) is 5.43 Å². The molecule has 1 aromatic carbocycles. The minimum atomic E-state index is -0.748. The first-order chi connectivity index (χ1) is 13.9. The number of hydrogen-bond acceptors (Lipinski definition) is 6. The highest BCUT2D eigenvalue weighted by molar-refractivity contribution is 5.96. The van der Waals surface area contributed by atoms with Gasteiger partial charge in [0.05, 0.1) is 29.2 Å². The number of hydrogen-bond donors (Lipinski definition) is 1. The number of rotatable bonds is 3. The summed E-state index contributed by atoms with van der Waals surface area (Å²) in [4.78, 5) is 39.2. The highest BCUT2D eigenvalue weighted by atomic mass is 16.5. The maximum Gasteiger partial charge on any atom is 0.336 e. The molecule has 1 aromatic heterocycles. The number of allylic oxidation sites excluding steroid dienone is 3. The van der Waals surface area contributed by atoms with Gasteiger partial charge in [-0.15, -0.1) is 0 Å². The molecule has 0 bridgehead atoms. The van der Waals surface area contributed by atoms with Crippen molar-refractivity contribution >= 4 is 22.7 Å². The van der Waals surface area contributed by atoms with Gasteiger partial charge in [-0.05, 0) is 39.3 Å². The zero-order chi connectivity index (χ0) is 20.7. The van der Waals surface area contributed by atoms with Crippen LogP contribution in [0, 0.1) is 5.92 Å². The minimum Gasteiger partial charge on any atom is -0.464 e. The summed E-state index contributed by atoms with van der Waals surface area (Å²) in [6.07, 6.45) is 4.04. The molecule has 0 radical (unpaired) electrons. The number of nitrogens with one attached hydrogen (secondary N) is 1. The van der Waals surface area contributed by atoms with Crippen LogP contribution in [0.25, 0.3) is 11.0 Å². The Morgan fingerprint density at radius 2 is 1.97 bits per heavy atom. The normalized spacial score (nSPS) is 21.7. The molecule has 0 spiro atoms. The Kier molecular flexibility index (Phi) is 4.86. The smallest absolute Gasteiger partial charge is 0.336 e. The van der Waals surface area contributed by atoms with Gasteiger partial charge < -0.3 is 14.5 Å². The van der Waals surface area contributed by atoms with Crippen molar-refractivity contribution in [2.24, 2.45) is 5.92 Å². The molecule has 1 aliphatic heterocycles. The zero-order valence-corrected chi connectivity index (χ0v) is 16.7. The number of carbonyl (C=O) groups is 2. The van der Waals surface area contributed by atoms with E-state index >= 15 is 0 Å². The largest absolute Gasteiger partial charge is 0.464 e. The maximum atomic E-state index is 13.3. The van der Waals surface area contributed by atoms with Gasteiger partial charge in [-0.25, -0.2) is 4.79 Å². The second-order valence-electron chi connectivity index (χ2n) is 7.75. The number of ketones is 1. The summed E-state index contributed by atoms with van der Waals surface area (Å²) < 4.78 is 11.2. The number of para-hydroxylation sites is 1. The van der Waals surface area contributed by atoms with Crippen molar-refractivity contribution in [2.45, 2.75) is 45.6 Å². The highest BCUT2D eigenvalue weighted by Gasteiger charge is 2.44. The molecule has 2 aromatic rings. The van der Waals surface area contributed by atoms with Crippen LogP contribution >= 0.6 is 0 Å². The third-order valence-electron chi connectivity index (χ3n) is 5.42. The molecule has 150 valence electrons. The molecule has 1 N–H and O–H groups in total. The fourth-order valence-electron chi connectivity index (χ4n) is 4.20. The Morgan fingerprint density at radius 1 is 1.21 bits per heavy atom. The molecule has 6 heteroatoms. The van der Waals surface area contributed by atoms with Gasteiger partial charge in [-0.3, -0.25) is 9.59 Å². The Balaban J connectivity index is 1.96. The van der Waals surface area contributed by atoms with Gasteiger partial charge in [0.2, 0.25) is 0 Å². The van der Waals surface area contributed by atoms with Crippen LogP contribution in [0.4, 0.5) is 0 Å². The molecule has 2 heterocycles. The second-order valence-corrected chi connectivity index (χ2v) is 7.75. The molecule has 1 aliphatic carbocycles. The first kappa shape index (κ1) is 19.2. The van der Waals surface area contributed by atoms with E-state index in [-0.39, 0.29) is 17.3 Å². The van der Waals surface area contributed by atoms with E-state index in [1.54, 1.807) is 45.0 Å². The van der Waals surface area contributed by atoms with Crippen molar-refractivity contribution in [1.82, 2.24) is 5.32 Å². The summed E-state index contributed by atoms with van der Waals surface area (Å²) in [5, 5.41) is 3.62. The SMILES string of the molecule is CC1=C(C(=O)OC(C)C)C(c2coc3ccccc3c2=O)C2C(=O)CCC=C2N1. The summed E-state index contributed by atoms with van der Waals surface area (Å²) in [7, 11) is 0. The molecular weight excluding hydrogens is 370 g/mol. The fourth-order valence-corrected chi connectivity index (χ4v) is 4.20. The first-order valence-corrected chi connectivity index (χ1v) is 9.80. The van der Waals surface area contributed by atoms with E-state index in [9.17, 15) is 14.4 Å². The van der Waals surface area contributed by atoms with Crippen LogP contribution in [0.1, 0.15) is 45.1 Å². The molecule has 2 aliphatic rings. The lowest BCUT2D eigenvalue weighted by Crippen LogP contribution is -2.42. The summed E-state index contributed by atoms with van der Waals surface area (Å²) in [5.41, 5.74) is 2.15. The van der Waals surface area contributed by atoms with Crippen LogP contribution in [-0.4, -0.2) is 17.9 Å². The van der Waals surface area contributed by atoms with Crippen LogP contribution in [0.5, 0.6) is 0 Å². The summed E-state index contributed by atoms with van der Waals surface area (Å²) in [5.74, 6) is -1.91. The van der Waals surface area contributed by atoms with E-state index in [2.05, 4.69) is 5.32 Å². The average Bonchev–Trinajstić information content (AvgIpc) is 2.67. The summed E-state index contributed by atoms with van der Waals surface area (Å²) in [6.45, 7) is 5.30. The van der Waals surface area contributed by atoms with Gasteiger partial charge in [-0.2, -0.15) is 0 Å². The van der Waals surface area contributed by atoms with Crippen molar-refractivity contribution < 1.29 is 18.7 Å². The highest BCUT2D eigenvalue weighted by Crippen LogP contribution is 2.43. The predicted molar refractivity (Wildman–Crippen MR) is 108 cm³/mol. The van der Waals surface area contributed by atoms with Crippen LogP contribution in [0.3, 0.4) is 0 Å². The quantitative estimate of drug-likeness (QED) is 0.803. The van der Waals surface area contributed by atoms with Gasteiger partial charge in [-0.1, -0.05) is 18.2 Å². The third kappa shape index (κ3) is 3.28. The zero-order valence-electron chi connectivity index (χ0n) is 16.7. The molecule has 4 rings (SSSR count). The lowest BCUT2D eigenvalue weighted by Gasteiger charge is -2.37. The topological polar surface area (TPSA) is 85.6 Å². The van der Waals surface area contributed by atoms with E-state index in [1.807, 2.05) is 6.08 Å². The summed E-state index contributed by atoms with van der Waals surface area (Å²) >= 11 is 0. The van der Waals surface area contributed by atoms with Crippen LogP contribution in [-0.2, 0) is 14.3 Å². The average molecular weight is 393 g/mol. The van der Waals surface area contributed by atoms with E-state index in [0.717, 1.165) is 5.70 Å². The number of ether oxygens (including phenoxy) is 1. The second kappa shape index (κ2) is 7.35. The molecule has 0 saturated carbocycles. The molecule has 0 fully saturated rings. The van der Waals surface area contributed by atoms with Gasteiger partial charge in [0.25, 0.3) is 0 Å². The number of esters is 1. The van der Waals surface area contributed by atoms with Crippen molar-refractivity contribution in [3.8, 4) is 0 Å². The van der Waals surface area contributed by atoms with Gasteiger partial charge in [0.1, 0.15) is 11.4 Å². The van der Waals surface area contributed by atoms with Gasteiger partial charge in [0, 0.05) is 29.3 Å². The Hall–Kier alpha value is -3.15. The Bertz CT molecular complexity index is 1120. The van der Waals surface area contributed by atoms with E-state index in [1.165, 1.54) is 6.26 Å². The lowest BCUT2D eigenvalue weighted by molar-refractivity contribution is -0.143. The molecule has 29 heavy (non-hydrogen) atoms. The van der Waals surface area contributed by atoms with Gasteiger partial charge >= 0.3 is 5.97 Å². The Labute approximate surface area is 168 Å². The number of Topliss-reactive ketones (excluding diaryl/α,β-unsaturated/α-hetero) is 1. The van der Waals surface area contributed by atoms with E-state index in [0.29, 0.717) is 40.6 Å². The number of benzene rings is 1. The monoisotopic (exact) mass is 393 g/mol. The molecule has 0 amide bonds. The molecule has 0 saturated heterocycles. The van der Waals surface area contributed by atoms with E-state index < -0.39 is 17.8 Å². The third-order valence-corrected chi connectivity index (χ3v) is 5.42. The Morgan fingerprint density at radius 3 is 2.72 bits per heavy atom. The molecular formula is C23H23NO5. The first-order valence-electron chi connectivity index (χ1n) is 9.80. The van der Waals surface area contributed by atoms with Crippen LogP contribution in [0.15, 0.2) is 62.8 Å².